The zero-order valence-electron chi connectivity index (χ0n) is 6.83. The molecule has 3 nitrogen and oxygen atoms in total. The Labute approximate surface area is 92.3 Å². The Hall–Kier alpha value is -0.510. The first-order chi connectivity index (χ1) is 5.36. The molecule has 1 aliphatic rings. The summed E-state index contributed by atoms with van der Waals surface area (Å²) in [6, 6.07) is 7.47. The fraction of sp³-hybridized carbons (Fsp3) is 0.125. The molecule has 1 N–H and O–H groups in total. The van der Waals surface area contributed by atoms with Crippen LogP contribution >= 0.6 is 0 Å². The van der Waals surface area contributed by atoms with Gasteiger partial charge in [0, 0.05) is 35.1 Å². The van der Waals surface area contributed by atoms with Crippen molar-refractivity contribution >= 4 is 35.5 Å². The Balaban J connectivity index is 0.000000720. The summed E-state index contributed by atoms with van der Waals surface area (Å²) in [4.78, 5) is 15.7. The summed E-state index contributed by atoms with van der Waals surface area (Å²) in [5.41, 5.74) is 3.24. The third-order valence-electron chi connectivity index (χ3n) is 1.60. The smallest absolute Gasteiger partial charge is 0.257 e. The van der Waals surface area contributed by atoms with Crippen molar-refractivity contribution in [2.45, 2.75) is 6.42 Å². The van der Waals surface area contributed by atoms with Gasteiger partial charge in [0.25, 0.3) is 5.91 Å². The van der Waals surface area contributed by atoms with E-state index in [0.29, 0.717) is 6.42 Å². The van der Waals surface area contributed by atoms with Crippen molar-refractivity contribution in [1.82, 2.24) is 5.48 Å². The van der Waals surface area contributed by atoms with Crippen molar-refractivity contribution in [3.05, 3.63) is 29.8 Å². The van der Waals surface area contributed by atoms with E-state index < -0.39 is 0 Å². The van der Waals surface area contributed by atoms with Crippen molar-refractivity contribution in [3.63, 3.8) is 0 Å². The van der Waals surface area contributed by atoms with Gasteiger partial charge in [0.1, 0.15) is 0 Å². The Morgan fingerprint density at radius 2 is 2.08 bits per heavy atom. The van der Waals surface area contributed by atoms with Crippen LogP contribution in [0.3, 0.4) is 0 Å². The van der Waals surface area contributed by atoms with E-state index in [1.54, 1.807) is 0 Å². The van der Waals surface area contributed by atoms with E-state index in [1.807, 2.05) is 24.3 Å². The van der Waals surface area contributed by atoms with Gasteiger partial charge in [-0.05, 0) is 6.07 Å². The molecule has 1 aliphatic heterocycles. The molecule has 1 heterocycles. The van der Waals surface area contributed by atoms with Crippen LogP contribution in [0, 0.1) is 0 Å². The first-order valence-electron chi connectivity index (χ1n) is 3.40. The minimum Gasteiger partial charge on any atom is -0.379 e. The number of para-hydroxylation sites is 1. The normalized spacial score (nSPS) is 13.5. The van der Waals surface area contributed by atoms with Gasteiger partial charge in [-0.1, -0.05) is 18.2 Å². The molecule has 1 aromatic rings. The van der Waals surface area contributed by atoms with Gasteiger partial charge in [-0.2, -0.15) is 5.48 Å². The maximum absolute atomic E-state index is 10.8. The largest absolute Gasteiger partial charge is 0.379 e. The Kier molecular flexibility index (Phi) is 3.14. The number of fused-ring (bicyclic) bond motifs is 1. The molecule has 12 heavy (non-hydrogen) atoms. The number of hydrogen-bond acceptors (Lipinski definition) is 2. The molecular formula is C8H7NNaO2. The van der Waals surface area contributed by atoms with Gasteiger partial charge < -0.3 is 4.84 Å². The first-order valence-corrected chi connectivity index (χ1v) is 3.40. The quantitative estimate of drug-likeness (QED) is 0.570. The maximum atomic E-state index is 10.8. The number of hydroxylamine groups is 1. The summed E-state index contributed by atoms with van der Waals surface area (Å²) in [5, 5.41) is 0. The molecule has 0 fully saturated rings. The van der Waals surface area contributed by atoms with Crippen LogP contribution in [0.25, 0.3) is 0 Å². The van der Waals surface area contributed by atoms with E-state index in [2.05, 4.69) is 5.48 Å². The molecule has 4 heteroatoms. The van der Waals surface area contributed by atoms with E-state index in [9.17, 15) is 4.79 Å². The SMILES string of the molecule is O=C1Cc2ccccc2ON1.[Na]. The number of amides is 1. The number of nitrogens with one attached hydrogen (secondary N) is 1. The molecule has 0 saturated heterocycles. The molecule has 0 aromatic heterocycles. The maximum Gasteiger partial charge on any atom is 0.257 e. The van der Waals surface area contributed by atoms with Crippen LogP contribution < -0.4 is 10.3 Å². The fourth-order valence-corrected chi connectivity index (χ4v) is 1.07. The summed E-state index contributed by atoms with van der Waals surface area (Å²) in [7, 11) is 0. The van der Waals surface area contributed by atoms with Gasteiger partial charge in [0.15, 0.2) is 5.75 Å². The van der Waals surface area contributed by atoms with Crippen LogP contribution in [-0.2, 0) is 11.2 Å². The van der Waals surface area contributed by atoms with Crippen LogP contribution in [0.4, 0.5) is 0 Å². The molecule has 1 aromatic carbocycles. The number of hydrogen-bond donors (Lipinski definition) is 1. The third kappa shape index (κ3) is 1.80. The Morgan fingerprint density at radius 3 is 2.92 bits per heavy atom. The molecular weight excluding hydrogens is 165 g/mol. The average molecular weight is 172 g/mol. The van der Waals surface area contributed by atoms with Crippen molar-refractivity contribution < 1.29 is 9.63 Å². The second kappa shape index (κ2) is 3.94. The van der Waals surface area contributed by atoms with Crippen LogP contribution in [-0.4, -0.2) is 35.5 Å². The monoisotopic (exact) mass is 172 g/mol. The second-order valence-electron chi connectivity index (χ2n) is 2.41. The van der Waals surface area contributed by atoms with Crippen molar-refractivity contribution in [2.24, 2.45) is 0 Å². The van der Waals surface area contributed by atoms with Crippen molar-refractivity contribution in [3.8, 4) is 5.75 Å². The van der Waals surface area contributed by atoms with Crippen LogP contribution in [0.1, 0.15) is 5.56 Å². The van der Waals surface area contributed by atoms with Crippen LogP contribution in [0.5, 0.6) is 5.75 Å². The number of rotatable bonds is 0. The molecule has 1 radical (unpaired) electrons. The molecule has 0 spiro atoms. The summed E-state index contributed by atoms with van der Waals surface area (Å²) in [6.45, 7) is 0. The van der Waals surface area contributed by atoms with E-state index in [1.165, 1.54) is 0 Å². The Morgan fingerprint density at radius 1 is 1.33 bits per heavy atom. The van der Waals surface area contributed by atoms with E-state index >= 15 is 0 Å². The second-order valence-corrected chi connectivity index (χ2v) is 2.41. The van der Waals surface area contributed by atoms with Gasteiger partial charge in [-0.25, -0.2) is 0 Å². The minimum atomic E-state index is -0.0938. The van der Waals surface area contributed by atoms with E-state index in [4.69, 9.17) is 4.84 Å². The molecule has 1 amide bonds. The number of benzene rings is 1. The molecule has 2 rings (SSSR count). The van der Waals surface area contributed by atoms with Gasteiger partial charge >= 0.3 is 0 Å². The molecule has 57 valence electrons. The molecule has 0 unspecified atom stereocenters. The standard InChI is InChI=1S/C8H7NO2.Na/c10-8-5-6-3-1-2-4-7(6)11-9-8;/h1-4H,5H2,(H,9,10);. The summed E-state index contributed by atoms with van der Waals surface area (Å²) < 4.78 is 0. The van der Waals surface area contributed by atoms with Crippen LogP contribution in [0.15, 0.2) is 24.3 Å². The summed E-state index contributed by atoms with van der Waals surface area (Å²) >= 11 is 0. The average Bonchev–Trinajstić information content (AvgIpc) is 2.04. The minimum absolute atomic E-state index is 0. The summed E-state index contributed by atoms with van der Waals surface area (Å²) in [5.74, 6) is 0.649. The van der Waals surface area contributed by atoms with E-state index in [-0.39, 0.29) is 35.5 Å². The predicted octanol–water partition coefficient (Wildman–Crippen LogP) is 0.272. The molecule has 0 bridgehead atoms. The first kappa shape index (κ1) is 9.58. The molecule has 0 saturated carbocycles. The van der Waals surface area contributed by atoms with Crippen molar-refractivity contribution in [1.29, 1.82) is 0 Å². The van der Waals surface area contributed by atoms with Gasteiger partial charge in [-0.3, -0.25) is 4.79 Å². The summed E-state index contributed by atoms with van der Waals surface area (Å²) in [6.07, 6.45) is 0.413. The zero-order valence-corrected chi connectivity index (χ0v) is 8.83. The topological polar surface area (TPSA) is 38.3 Å². The van der Waals surface area contributed by atoms with Gasteiger partial charge in [0.2, 0.25) is 0 Å². The molecule has 0 aliphatic carbocycles. The zero-order chi connectivity index (χ0) is 7.68. The number of carbonyl (C=O) groups is 1. The van der Waals surface area contributed by atoms with Crippen LogP contribution in [0.2, 0.25) is 0 Å². The van der Waals surface area contributed by atoms with Gasteiger partial charge in [0.05, 0.1) is 6.42 Å². The van der Waals surface area contributed by atoms with E-state index in [0.717, 1.165) is 11.3 Å². The Bertz CT molecular complexity index is 301. The van der Waals surface area contributed by atoms with Gasteiger partial charge in [-0.15, -0.1) is 0 Å². The molecule has 0 atom stereocenters. The number of carbonyl (C=O) groups excluding carboxylic acids is 1. The third-order valence-corrected chi connectivity index (χ3v) is 1.60. The predicted molar refractivity (Wildman–Crippen MR) is 44.7 cm³/mol. The fourth-order valence-electron chi connectivity index (χ4n) is 1.07. The van der Waals surface area contributed by atoms with Crippen molar-refractivity contribution in [2.75, 3.05) is 0 Å².